The largest absolute Gasteiger partial charge is 0.480 e. The van der Waals surface area contributed by atoms with Gasteiger partial charge in [-0.05, 0) is 41.8 Å². The molecule has 0 radical (unpaired) electrons. The van der Waals surface area contributed by atoms with E-state index in [0.29, 0.717) is 42.5 Å². The minimum Gasteiger partial charge on any atom is -0.480 e. The fourth-order valence-electron chi connectivity index (χ4n) is 3.76. The van der Waals surface area contributed by atoms with Crippen molar-refractivity contribution in [2.24, 2.45) is 0 Å². The summed E-state index contributed by atoms with van der Waals surface area (Å²) in [5.41, 5.74) is 3.35. The quantitative estimate of drug-likeness (QED) is 0.517. The number of ether oxygens (including phenoxy) is 1. The van der Waals surface area contributed by atoms with Crippen LogP contribution in [0.15, 0.2) is 72.8 Å². The van der Waals surface area contributed by atoms with Crippen LogP contribution in [0.3, 0.4) is 0 Å². The molecule has 1 aliphatic rings. The lowest BCUT2D eigenvalue weighted by atomic mass is 10.1. The molecule has 0 saturated carbocycles. The Morgan fingerprint density at radius 1 is 1.09 bits per heavy atom. The van der Waals surface area contributed by atoms with Gasteiger partial charge in [0.1, 0.15) is 5.75 Å². The van der Waals surface area contributed by atoms with Gasteiger partial charge in [-0.3, -0.25) is 4.79 Å². The van der Waals surface area contributed by atoms with Crippen molar-refractivity contribution in [1.82, 2.24) is 10.2 Å². The van der Waals surface area contributed by atoms with Crippen LogP contribution in [0, 0.1) is 0 Å². The monoisotopic (exact) mass is 463 g/mol. The Morgan fingerprint density at radius 3 is 2.61 bits per heavy atom. The summed E-state index contributed by atoms with van der Waals surface area (Å²) in [5, 5.41) is 6.33. The van der Waals surface area contributed by atoms with E-state index in [1.165, 1.54) is 0 Å². The van der Waals surface area contributed by atoms with Crippen LogP contribution in [0.5, 0.6) is 5.75 Å². The predicted octanol–water partition coefficient (Wildman–Crippen LogP) is 5.36. The molecule has 0 bridgehead atoms. The highest BCUT2D eigenvalue weighted by Crippen LogP contribution is 2.31. The second-order valence-corrected chi connectivity index (χ2v) is 8.32. The second-order valence-electron chi connectivity index (χ2n) is 7.92. The highest BCUT2D eigenvalue weighted by molar-refractivity contribution is 6.31. The highest BCUT2D eigenvalue weighted by Gasteiger charge is 2.30. The van der Waals surface area contributed by atoms with Crippen molar-refractivity contribution in [1.29, 1.82) is 0 Å². The number of hydrogen-bond donors (Lipinski definition) is 2. The summed E-state index contributed by atoms with van der Waals surface area (Å²) in [6.07, 6.45) is -0.0131. The molecule has 1 atom stereocenters. The molecular weight excluding hydrogens is 438 g/mol. The molecule has 3 aromatic rings. The molecule has 7 heteroatoms. The number of carbonyl (C=O) groups excluding carboxylic acids is 2. The third-order valence-electron chi connectivity index (χ3n) is 5.52. The third kappa shape index (κ3) is 5.65. The van der Waals surface area contributed by atoms with E-state index in [4.69, 9.17) is 16.3 Å². The minimum absolute atomic E-state index is 0.0799. The van der Waals surface area contributed by atoms with Crippen molar-refractivity contribution in [3.8, 4) is 5.75 Å². The van der Waals surface area contributed by atoms with E-state index in [1.54, 1.807) is 17.0 Å². The van der Waals surface area contributed by atoms with E-state index in [2.05, 4.69) is 10.6 Å². The minimum atomic E-state index is -0.568. The van der Waals surface area contributed by atoms with Gasteiger partial charge >= 0.3 is 6.03 Å². The molecule has 3 aromatic carbocycles. The van der Waals surface area contributed by atoms with E-state index in [9.17, 15) is 9.59 Å². The zero-order valence-corrected chi connectivity index (χ0v) is 19.1. The zero-order valence-electron chi connectivity index (χ0n) is 18.4. The Balaban J connectivity index is 1.50. The van der Waals surface area contributed by atoms with Gasteiger partial charge < -0.3 is 20.3 Å². The normalized spacial score (nSPS) is 15.3. The number of hydrogen-bond acceptors (Lipinski definition) is 3. The summed E-state index contributed by atoms with van der Waals surface area (Å²) >= 11 is 6.34. The lowest BCUT2D eigenvalue weighted by Crippen LogP contribution is -2.38. The first-order valence-electron chi connectivity index (χ1n) is 10.9. The highest BCUT2D eigenvalue weighted by atomic mass is 35.5. The van der Waals surface area contributed by atoms with Crippen LogP contribution in [0.1, 0.15) is 30.0 Å². The molecule has 6 nitrogen and oxygen atoms in total. The lowest BCUT2D eigenvalue weighted by Gasteiger charge is -2.23. The standard InChI is InChI=1S/C26H26ClN3O3/c1-2-23-25(31)30(16-19-10-6-7-11-22(19)27)17-20-14-21(12-13-24(20)33-23)29-26(32)28-15-18-8-4-3-5-9-18/h3-14,23H,2,15-17H2,1H3,(H2,28,29,32). The van der Waals surface area contributed by atoms with Crippen LogP contribution >= 0.6 is 11.6 Å². The van der Waals surface area contributed by atoms with Crippen LogP contribution in [0.25, 0.3) is 0 Å². The molecule has 2 N–H and O–H groups in total. The number of rotatable bonds is 6. The molecular formula is C26H26ClN3O3. The molecule has 170 valence electrons. The smallest absolute Gasteiger partial charge is 0.319 e. The maximum absolute atomic E-state index is 13.1. The number of halogens is 1. The van der Waals surface area contributed by atoms with Crippen molar-refractivity contribution in [2.75, 3.05) is 5.32 Å². The van der Waals surface area contributed by atoms with Gasteiger partial charge in [0.15, 0.2) is 6.10 Å². The SMILES string of the molecule is CCC1Oc2ccc(NC(=O)NCc3ccccc3)cc2CN(Cc2ccccc2Cl)C1=O. The molecule has 0 aliphatic carbocycles. The Morgan fingerprint density at radius 2 is 1.85 bits per heavy atom. The molecule has 4 rings (SSSR count). The molecule has 33 heavy (non-hydrogen) atoms. The van der Waals surface area contributed by atoms with Gasteiger partial charge in [-0.2, -0.15) is 0 Å². The van der Waals surface area contributed by atoms with E-state index >= 15 is 0 Å². The topological polar surface area (TPSA) is 70.7 Å². The van der Waals surface area contributed by atoms with E-state index < -0.39 is 6.10 Å². The van der Waals surface area contributed by atoms with Crippen LogP contribution in [0.4, 0.5) is 10.5 Å². The Bertz CT molecular complexity index is 1140. The Hall–Kier alpha value is -3.51. The molecule has 0 fully saturated rings. The summed E-state index contributed by atoms with van der Waals surface area (Å²) in [7, 11) is 0. The van der Waals surface area contributed by atoms with Crippen LogP contribution in [-0.2, 0) is 24.4 Å². The molecule has 3 amide bonds. The number of carbonyl (C=O) groups is 2. The molecule has 0 aromatic heterocycles. The van der Waals surface area contributed by atoms with Crippen LogP contribution in [0.2, 0.25) is 5.02 Å². The summed E-state index contributed by atoms with van der Waals surface area (Å²) in [6.45, 7) is 3.09. The number of amides is 3. The molecule has 1 unspecified atom stereocenters. The van der Waals surface area contributed by atoms with Crippen molar-refractivity contribution >= 4 is 29.2 Å². The van der Waals surface area contributed by atoms with Crippen LogP contribution in [-0.4, -0.2) is 22.9 Å². The number of anilines is 1. The average molecular weight is 464 g/mol. The fraction of sp³-hybridized carbons (Fsp3) is 0.231. The number of nitrogens with zero attached hydrogens (tertiary/aromatic N) is 1. The average Bonchev–Trinajstić information content (AvgIpc) is 2.96. The zero-order chi connectivity index (χ0) is 23.2. The van der Waals surface area contributed by atoms with Crippen molar-refractivity contribution in [3.05, 3.63) is 94.5 Å². The maximum Gasteiger partial charge on any atom is 0.319 e. The summed E-state index contributed by atoms with van der Waals surface area (Å²) in [4.78, 5) is 27.3. The Labute approximate surface area is 198 Å². The molecule has 1 heterocycles. The van der Waals surface area contributed by atoms with Crippen molar-refractivity contribution in [2.45, 2.75) is 39.1 Å². The number of fused-ring (bicyclic) bond motifs is 1. The van der Waals surface area contributed by atoms with Gasteiger partial charge in [-0.25, -0.2) is 4.79 Å². The predicted molar refractivity (Wildman–Crippen MR) is 129 cm³/mol. The van der Waals surface area contributed by atoms with Gasteiger partial charge in [0.2, 0.25) is 0 Å². The van der Waals surface area contributed by atoms with Gasteiger partial charge in [-0.1, -0.05) is 67.1 Å². The van der Waals surface area contributed by atoms with Gasteiger partial charge in [-0.15, -0.1) is 0 Å². The number of benzene rings is 3. The maximum atomic E-state index is 13.1. The second kappa shape index (κ2) is 10.4. The molecule has 1 aliphatic heterocycles. The van der Waals surface area contributed by atoms with Crippen molar-refractivity contribution in [3.63, 3.8) is 0 Å². The van der Waals surface area contributed by atoms with E-state index in [-0.39, 0.29) is 11.9 Å². The van der Waals surface area contributed by atoms with Gasteiger partial charge in [0.25, 0.3) is 5.91 Å². The van der Waals surface area contributed by atoms with E-state index in [1.807, 2.05) is 67.6 Å². The first-order chi connectivity index (χ1) is 16.0. The summed E-state index contributed by atoms with van der Waals surface area (Å²) in [5.74, 6) is 0.566. The number of urea groups is 1. The van der Waals surface area contributed by atoms with Gasteiger partial charge in [0.05, 0.1) is 0 Å². The Kier molecular flexibility index (Phi) is 7.15. The van der Waals surface area contributed by atoms with Crippen LogP contribution < -0.4 is 15.4 Å². The van der Waals surface area contributed by atoms with E-state index in [0.717, 1.165) is 16.7 Å². The van der Waals surface area contributed by atoms with Gasteiger partial charge in [0, 0.05) is 35.9 Å². The number of nitrogens with one attached hydrogen (secondary N) is 2. The van der Waals surface area contributed by atoms with Crippen molar-refractivity contribution < 1.29 is 14.3 Å². The summed E-state index contributed by atoms with van der Waals surface area (Å²) < 4.78 is 6.03. The lowest BCUT2D eigenvalue weighted by molar-refractivity contribution is -0.139. The summed E-state index contributed by atoms with van der Waals surface area (Å²) in [6, 6.07) is 22.3. The first kappa shape index (κ1) is 22.7. The fourth-order valence-corrected chi connectivity index (χ4v) is 3.96. The molecule has 0 saturated heterocycles. The first-order valence-corrected chi connectivity index (χ1v) is 11.3. The third-order valence-corrected chi connectivity index (χ3v) is 5.89. The molecule has 0 spiro atoms.